The van der Waals surface area contributed by atoms with Gasteiger partial charge < -0.3 is 10.2 Å². The number of sulfonamides is 1. The summed E-state index contributed by atoms with van der Waals surface area (Å²) in [5, 5.41) is 4.01. The lowest BCUT2D eigenvalue weighted by atomic mass is 10.1. The molecule has 0 radical (unpaired) electrons. The van der Waals surface area contributed by atoms with Gasteiger partial charge in [-0.3, -0.25) is 13.9 Å². The summed E-state index contributed by atoms with van der Waals surface area (Å²) < 4.78 is 29.3. The predicted molar refractivity (Wildman–Crippen MR) is 168 cm³/mol. The zero-order valence-corrected chi connectivity index (χ0v) is 26.5. The lowest BCUT2D eigenvalue weighted by molar-refractivity contribution is -0.140. The van der Waals surface area contributed by atoms with Crippen molar-refractivity contribution in [1.82, 2.24) is 10.2 Å². The Labute approximate surface area is 258 Å². The second-order valence-corrected chi connectivity index (χ2v) is 13.6. The first-order valence-corrected chi connectivity index (χ1v) is 16.4. The van der Waals surface area contributed by atoms with Crippen molar-refractivity contribution >= 4 is 50.7 Å². The first-order valence-electron chi connectivity index (χ1n) is 14.2. The summed E-state index contributed by atoms with van der Waals surface area (Å²) in [5.74, 6) is -0.743. The van der Waals surface area contributed by atoms with Gasteiger partial charge in [-0.25, -0.2) is 8.42 Å². The highest BCUT2D eigenvalue weighted by molar-refractivity contribution is 7.92. The van der Waals surface area contributed by atoms with Crippen molar-refractivity contribution in [3.63, 3.8) is 0 Å². The van der Waals surface area contributed by atoms with Crippen LogP contribution in [0.25, 0.3) is 0 Å². The van der Waals surface area contributed by atoms with E-state index >= 15 is 0 Å². The van der Waals surface area contributed by atoms with Crippen LogP contribution in [-0.4, -0.2) is 43.8 Å². The van der Waals surface area contributed by atoms with E-state index in [-0.39, 0.29) is 23.4 Å². The van der Waals surface area contributed by atoms with Crippen LogP contribution in [0.4, 0.5) is 5.69 Å². The molecule has 2 amide bonds. The topological polar surface area (TPSA) is 86.8 Å². The van der Waals surface area contributed by atoms with E-state index in [9.17, 15) is 18.0 Å². The minimum absolute atomic E-state index is 0.0514. The van der Waals surface area contributed by atoms with E-state index in [0.29, 0.717) is 27.7 Å². The quantitative estimate of drug-likeness (QED) is 0.256. The fourth-order valence-electron chi connectivity index (χ4n) is 5.28. The van der Waals surface area contributed by atoms with Gasteiger partial charge in [0, 0.05) is 22.6 Å². The first kappa shape index (κ1) is 31.9. The van der Waals surface area contributed by atoms with Gasteiger partial charge in [0.15, 0.2) is 0 Å². The maximum absolute atomic E-state index is 14.2. The number of rotatable bonds is 11. The van der Waals surface area contributed by atoms with Gasteiger partial charge >= 0.3 is 0 Å². The van der Waals surface area contributed by atoms with E-state index in [1.165, 1.54) is 17.0 Å². The smallest absolute Gasteiger partial charge is 0.264 e. The Morgan fingerprint density at radius 1 is 0.929 bits per heavy atom. The van der Waals surface area contributed by atoms with Crippen molar-refractivity contribution in [1.29, 1.82) is 0 Å². The molecule has 1 saturated carbocycles. The zero-order valence-electron chi connectivity index (χ0n) is 24.1. The number of aryl methyl sites for hydroxylation is 2. The second-order valence-electron chi connectivity index (χ2n) is 10.8. The Bertz CT molecular complexity index is 1510. The number of benzene rings is 3. The van der Waals surface area contributed by atoms with Crippen molar-refractivity contribution in [3.8, 4) is 0 Å². The third-order valence-electron chi connectivity index (χ3n) is 7.68. The van der Waals surface area contributed by atoms with Crippen LogP contribution in [0.15, 0.2) is 71.6 Å². The van der Waals surface area contributed by atoms with Crippen molar-refractivity contribution in [2.75, 3.05) is 10.8 Å². The van der Waals surface area contributed by atoms with Crippen molar-refractivity contribution in [2.24, 2.45) is 0 Å². The van der Waals surface area contributed by atoms with E-state index in [0.717, 1.165) is 41.1 Å². The molecule has 7 nitrogen and oxygen atoms in total. The Hall–Kier alpha value is -3.07. The third-order valence-corrected chi connectivity index (χ3v) is 9.94. The van der Waals surface area contributed by atoms with Gasteiger partial charge in [0.2, 0.25) is 11.8 Å². The highest BCUT2D eigenvalue weighted by Crippen LogP contribution is 2.30. The van der Waals surface area contributed by atoms with Gasteiger partial charge in [0.25, 0.3) is 10.0 Å². The normalized spacial score (nSPS) is 14.4. The Balaban J connectivity index is 1.74. The molecule has 1 fully saturated rings. The summed E-state index contributed by atoms with van der Waals surface area (Å²) in [4.78, 5) is 29.3. The van der Waals surface area contributed by atoms with Gasteiger partial charge in [0.05, 0.1) is 10.6 Å². The molecule has 1 aliphatic rings. The lowest BCUT2D eigenvalue weighted by Gasteiger charge is -2.34. The SMILES string of the molecule is CC[C@H](C(=O)NC1CCCC1)N(Cc1ccc(Cl)cc1)C(=O)CN(c1cc(Cl)ccc1C)S(=O)(=O)c1ccc(C)cc1. The van der Waals surface area contributed by atoms with Crippen LogP contribution in [0.1, 0.15) is 55.7 Å². The number of anilines is 1. The monoisotopic (exact) mass is 629 g/mol. The summed E-state index contributed by atoms with van der Waals surface area (Å²) in [6, 6.07) is 17.7. The van der Waals surface area contributed by atoms with E-state index in [1.807, 2.05) is 13.8 Å². The van der Waals surface area contributed by atoms with Crippen LogP contribution in [0.3, 0.4) is 0 Å². The molecule has 224 valence electrons. The Morgan fingerprint density at radius 3 is 2.17 bits per heavy atom. The van der Waals surface area contributed by atoms with Crippen LogP contribution in [-0.2, 0) is 26.2 Å². The molecular weight excluding hydrogens is 593 g/mol. The maximum Gasteiger partial charge on any atom is 0.264 e. The molecule has 1 atom stereocenters. The zero-order chi connectivity index (χ0) is 30.4. The second kappa shape index (κ2) is 13.9. The Morgan fingerprint density at radius 2 is 1.55 bits per heavy atom. The molecule has 1 N–H and O–H groups in total. The molecule has 0 unspecified atom stereocenters. The van der Waals surface area contributed by atoms with Gasteiger partial charge in [-0.1, -0.05) is 78.9 Å². The van der Waals surface area contributed by atoms with Crippen LogP contribution in [0, 0.1) is 13.8 Å². The van der Waals surface area contributed by atoms with Gasteiger partial charge in [0.1, 0.15) is 12.6 Å². The molecule has 0 spiro atoms. The highest BCUT2D eigenvalue weighted by Gasteiger charge is 2.35. The number of nitrogens with zero attached hydrogens (tertiary/aromatic N) is 2. The fourth-order valence-corrected chi connectivity index (χ4v) is 7.04. The van der Waals surface area contributed by atoms with E-state index in [2.05, 4.69) is 5.32 Å². The van der Waals surface area contributed by atoms with E-state index in [1.54, 1.807) is 61.5 Å². The number of hydrogen-bond acceptors (Lipinski definition) is 4. The number of halogens is 2. The summed E-state index contributed by atoms with van der Waals surface area (Å²) >= 11 is 12.4. The largest absolute Gasteiger partial charge is 0.352 e. The van der Waals surface area contributed by atoms with Gasteiger partial charge in [-0.05, 0) is 80.6 Å². The molecule has 1 aliphatic carbocycles. The molecular formula is C32H37Cl2N3O4S. The molecule has 0 aliphatic heterocycles. The number of carbonyl (C=O) groups excluding carboxylic acids is 2. The van der Waals surface area contributed by atoms with Crippen molar-refractivity contribution in [3.05, 3.63) is 93.5 Å². The third kappa shape index (κ3) is 7.65. The predicted octanol–water partition coefficient (Wildman–Crippen LogP) is 6.67. The molecule has 0 saturated heterocycles. The molecule has 42 heavy (non-hydrogen) atoms. The number of amides is 2. The van der Waals surface area contributed by atoms with Crippen molar-refractivity contribution in [2.45, 2.75) is 76.4 Å². The summed E-state index contributed by atoms with van der Waals surface area (Å²) in [5.41, 5.74) is 2.61. The first-order chi connectivity index (χ1) is 20.0. The molecule has 0 heterocycles. The van der Waals surface area contributed by atoms with Crippen LogP contribution in [0.5, 0.6) is 0 Å². The van der Waals surface area contributed by atoms with Crippen molar-refractivity contribution < 1.29 is 18.0 Å². The number of nitrogens with one attached hydrogen (secondary N) is 1. The molecule has 4 rings (SSSR count). The molecule has 3 aromatic carbocycles. The molecule has 10 heteroatoms. The van der Waals surface area contributed by atoms with E-state index in [4.69, 9.17) is 23.2 Å². The molecule has 0 bridgehead atoms. The number of hydrogen-bond donors (Lipinski definition) is 1. The molecule has 0 aromatic heterocycles. The fraction of sp³-hybridized carbons (Fsp3) is 0.375. The summed E-state index contributed by atoms with van der Waals surface area (Å²) in [7, 11) is -4.18. The number of carbonyl (C=O) groups is 2. The maximum atomic E-state index is 14.2. The minimum Gasteiger partial charge on any atom is -0.352 e. The lowest BCUT2D eigenvalue weighted by Crippen LogP contribution is -2.53. The summed E-state index contributed by atoms with van der Waals surface area (Å²) in [6.45, 7) is 5.08. The standard InChI is InChI=1S/C32H37Cl2N3O4S/c1-4-29(32(39)35-27-7-5-6-8-27)36(20-24-12-15-25(33)16-13-24)31(38)21-37(30-19-26(34)14-11-23(30)3)42(40,41)28-17-9-22(2)10-18-28/h9-19,27,29H,4-8,20-21H2,1-3H3,(H,35,39)/t29-/m1/s1. The average molecular weight is 631 g/mol. The van der Waals surface area contributed by atoms with E-state index < -0.39 is 28.5 Å². The van der Waals surface area contributed by atoms with Crippen LogP contribution < -0.4 is 9.62 Å². The minimum atomic E-state index is -4.18. The van der Waals surface area contributed by atoms with Crippen LogP contribution in [0.2, 0.25) is 10.0 Å². The average Bonchev–Trinajstić information content (AvgIpc) is 3.47. The Kier molecular flexibility index (Phi) is 10.6. The van der Waals surface area contributed by atoms with Crippen LogP contribution >= 0.6 is 23.2 Å². The summed E-state index contributed by atoms with van der Waals surface area (Å²) in [6.07, 6.45) is 4.28. The molecule has 3 aromatic rings. The highest BCUT2D eigenvalue weighted by atomic mass is 35.5. The van der Waals surface area contributed by atoms with Gasteiger partial charge in [-0.2, -0.15) is 0 Å². The van der Waals surface area contributed by atoms with Gasteiger partial charge in [-0.15, -0.1) is 0 Å².